The minimum absolute atomic E-state index is 0.191. The topological polar surface area (TPSA) is 49.9 Å². The summed E-state index contributed by atoms with van der Waals surface area (Å²) in [7, 11) is 3.86. The van der Waals surface area contributed by atoms with Crippen molar-refractivity contribution in [3.63, 3.8) is 0 Å². The summed E-state index contributed by atoms with van der Waals surface area (Å²) in [6.45, 7) is 2.24. The second-order valence-electron chi connectivity index (χ2n) is 6.36. The molecule has 0 unspecified atom stereocenters. The fourth-order valence-electron chi connectivity index (χ4n) is 2.96. The molecule has 1 amide bonds. The predicted molar refractivity (Wildman–Crippen MR) is 98.1 cm³/mol. The lowest BCUT2D eigenvalue weighted by Crippen LogP contribution is -2.39. The smallest absolute Gasteiger partial charge is 0.338 e. The van der Waals surface area contributed by atoms with E-state index in [1.807, 2.05) is 55.4 Å². The van der Waals surface area contributed by atoms with Crippen molar-refractivity contribution < 1.29 is 14.3 Å². The number of carbonyl (C=O) groups excluding carboxylic acids is 2. The molecule has 1 aliphatic heterocycles. The highest BCUT2D eigenvalue weighted by Gasteiger charge is 2.29. The third kappa shape index (κ3) is 3.50. The highest BCUT2D eigenvalue weighted by atomic mass is 16.5. The van der Waals surface area contributed by atoms with E-state index in [1.54, 1.807) is 24.0 Å². The molecule has 0 saturated carbocycles. The van der Waals surface area contributed by atoms with Crippen LogP contribution in [0.4, 0.5) is 11.4 Å². The molecular weight excluding hydrogens is 316 g/mol. The Bertz CT molecular complexity index is 784. The fourth-order valence-corrected chi connectivity index (χ4v) is 2.96. The van der Waals surface area contributed by atoms with Crippen LogP contribution in [-0.4, -0.2) is 38.6 Å². The van der Waals surface area contributed by atoms with Crippen LogP contribution >= 0.6 is 0 Å². The molecule has 1 heterocycles. The Kier molecular flexibility index (Phi) is 4.74. The van der Waals surface area contributed by atoms with Gasteiger partial charge in [0, 0.05) is 32.0 Å². The summed E-state index contributed by atoms with van der Waals surface area (Å²) in [5.74, 6) is -0.679. The van der Waals surface area contributed by atoms with E-state index in [4.69, 9.17) is 4.74 Å². The molecule has 0 spiro atoms. The molecule has 3 rings (SSSR count). The van der Waals surface area contributed by atoms with Gasteiger partial charge in [0.15, 0.2) is 6.10 Å². The Morgan fingerprint density at radius 1 is 1.08 bits per heavy atom. The fraction of sp³-hybridized carbons (Fsp3) is 0.300. The molecule has 0 aliphatic carbocycles. The van der Waals surface area contributed by atoms with Crippen LogP contribution in [0.15, 0.2) is 48.5 Å². The molecule has 0 aromatic heterocycles. The number of hydrogen-bond donors (Lipinski definition) is 0. The second-order valence-corrected chi connectivity index (χ2v) is 6.36. The zero-order valence-corrected chi connectivity index (χ0v) is 14.7. The zero-order chi connectivity index (χ0) is 18.0. The molecule has 1 aliphatic rings. The van der Waals surface area contributed by atoms with Crippen molar-refractivity contribution in [2.75, 3.05) is 30.4 Å². The van der Waals surface area contributed by atoms with Gasteiger partial charge in [-0.15, -0.1) is 0 Å². The van der Waals surface area contributed by atoms with Gasteiger partial charge in [0.25, 0.3) is 5.91 Å². The van der Waals surface area contributed by atoms with Crippen LogP contribution in [0.3, 0.4) is 0 Å². The van der Waals surface area contributed by atoms with Gasteiger partial charge in [0.2, 0.25) is 0 Å². The molecule has 25 heavy (non-hydrogen) atoms. The van der Waals surface area contributed by atoms with E-state index < -0.39 is 12.1 Å². The lowest BCUT2D eigenvalue weighted by atomic mass is 10.2. The summed E-state index contributed by atoms with van der Waals surface area (Å²) >= 11 is 0. The molecule has 2 aromatic carbocycles. The SMILES string of the molecule is C[C@H](OC(=O)c1ccc(N(C)C)cc1)C(=O)N1CCc2ccccc21. The normalized spacial score (nSPS) is 14.0. The quantitative estimate of drug-likeness (QED) is 0.805. The van der Waals surface area contributed by atoms with Crippen LogP contribution in [-0.2, 0) is 16.0 Å². The average Bonchev–Trinajstić information content (AvgIpc) is 3.05. The van der Waals surface area contributed by atoms with Gasteiger partial charge in [-0.05, 0) is 49.2 Å². The first-order valence-electron chi connectivity index (χ1n) is 8.35. The van der Waals surface area contributed by atoms with Crippen LogP contribution in [0.5, 0.6) is 0 Å². The standard InChI is InChI=1S/C20H22N2O3/c1-14(19(23)22-13-12-15-6-4-5-7-18(15)22)25-20(24)16-8-10-17(11-9-16)21(2)3/h4-11,14H,12-13H2,1-3H3/t14-/m0/s1. The molecule has 0 bridgehead atoms. The molecule has 5 heteroatoms. The van der Waals surface area contributed by atoms with Crippen molar-refractivity contribution in [2.24, 2.45) is 0 Å². The summed E-state index contributed by atoms with van der Waals surface area (Å²) in [5, 5.41) is 0. The maximum absolute atomic E-state index is 12.7. The number of hydrogen-bond acceptors (Lipinski definition) is 4. The molecule has 1 atom stereocenters. The lowest BCUT2D eigenvalue weighted by Gasteiger charge is -2.21. The number of benzene rings is 2. The van der Waals surface area contributed by atoms with Gasteiger partial charge in [-0.3, -0.25) is 4.79 Å². The third-order valence-corrected chi connectivity index (χ3v) is 4.40. The van der Waals surface area contributed by atoms with E-state index >= 15 is 0 Å². The minimum atomic E-state index is -0.827. The van der Waals surface area contributed by atoms with Crippen LogP contribution in [0.1, 0.15) is 22.8 Å². The van der Waals surface area contributed by atoms with Gasteiger partial charge >= 0.3 is 5.97 Å². The number of fused-ring (bicyclic) bond motifs is 1. The first-order chi connectivity index (χ1) is 12.0. The Balaban J connectivity index is 1.66. The van der Waals surface area contributed by atoms with E-state index in [9.17, 15) is 9.59 Å². The van der Waals surface area contributed by atoms with Crippen LogP contribution in [0, 0.1) is 0 Å². The van der Waals surface area contributed by atoms with Crippen LogP contribution in [0.25, 0.3) is 0 Å². The summed E-state index contributed by atoms with van der Waals surface area (Å²) in [6.07, 6.45) is 0.00127. The molecule has 2 aromatic rings. The summed E-state index contributed by atoms with van der Waals surface area (Å²) < 4.78 is 5.38. The Hall–Kier alpha value is -2.82. The summed E-state index contributed by atoms with van der Waals surface area (Å²) in [6, 6.07) is 14.9. The van der Waals surface area contributed by atoms with E-state index in [1.165, 1.54) is 0 Å². The number of amides is 1. The molecular formula is C20H22N2O3. The third-order valence-electron chi connectivity index (χ3n) is 4.40. The Morgan fingerprint density at radius 3 is 2.44 bits per heavy atom. The van der Waals surface area contributed by atoms with Crippen LogP contribution in [0.2, 0.25) is 0 Å². The van der Waals surface area contributed by atoms with Gasteiger partial charge in [-0.1, -0.05) is 18.2 Å². The van der Waals surface area contributed by atoms with Crippen molar-refractivity contribution in [3.8, 4) is 0 Å². The van der Waals surface area contributed by atoms with E-state index in [0.29, 0.717) is 12.1 Å². The highest BCUT2D eigenvalue weighted by molar-refractivity contribution is 6.00. The molecule has 130 valence electrons. The summed E-state index contributed by atoms with van der Waals surface area (Å²) in [4.78, 5) is 28.6. The summed E-state index contributed by atoms with van der Waals surface area (Å²) in [5.41, 5.74) is 3.49. The molecule has 0 fully saturated rings. The number of anilines is 2. The van der Waals surface area contributed by atoms with Crippen molar-refractivity contribution in [1.82, 2.24) is 0 Å². The number of ether oxygens (including phenoxy) is 1. The monoisotopic (exact) mass is 338 g/mol. The number of carbonyl (C=O) groups is 2. The first kappa shape index (κ1) is 17.0. The van der Waals surface area contributed by atoms with E-state index in [0.717, 1.165) is 23.4 Å². The van der Waals surface area contributed by atoms with Crippen molar-refractivity contribution in [1.29, 1.82) is 0 Å². The number of para-hydroxylation sites is 1. The van der Waals surface area contributed by atoms with Crippen molar-refractivity contribution in [3.05, 3.63) is 59.7 Å². The Labute approximate surface area is 147 Å². The average molecular weight is 338 g/mol. The van der Waals surface area contributed by atoms with Crippen molar-refractivity contribution in [2.45, 2.75) is 19.4 Å². The molecule has 5 nitrogen and oxygen atoms in total. The minimum Gasteiger partial charge on any atom is -0.449 e. The molecule has 0 saturated heterocycles. The maximum atomic E-state index is 12.7. The molecule has 0 radical (unpaired) electrons. The van der Waals surface area contributed by atoms with Gasteiger partial charge < -0.3 is 14.5 Å². The zero-order valence-electron chi connectivity index (χ0n) is 14.7. The van der Waals surface area contributed by atoms with Gasteiger partial charge in [0.1, 0.15) is 0 Å². The largest absolute Gasteiger partial charge is 0.449 e. The molecule has 0 N–H and O–H groups in total. The first-order valence-corrected chi connectivity index (χ1v) is 8.35. The number of nitrogens with zero attached hydrogens (tertiary/aromatic N) is 2. The predicted octanol–water partition coefficient (Wildman–Crippen LogP) is 2.89. The van der Waals surface area contributed by atoms with Crippen molar-refractivity contribution >= 4 is 23.3 Å². The van der Waals surface area contributed by atoms with Gasteiger partial charge in [0.05, 0.1) is 5.56 Å². The number of esters is 1. The second kappa shape index (κ2) is 6.97. The maximum Gasteiger partial charge on any atom is 0.338 e. The van der Waals surface area contributed by atoms with E-state index in [-0.39, 0.29) is 5.91 Å². The van der Waals surface area contributed by atoms with Gasteiger partial charge in [-0.2, -0.15) is 0 Å². The Morgan fingerprint density at radius 2 is 1.76 bits per heavy atom. The van der Waals surface area contributed by atoms with E-state index in [2.05, 4.69) is 0 Å². The lowest BCUT2D eigenvalue weighted by molar-refractivity contribution is -0.126. The van der Waals surface area contributed by atoms with Crippen LogP contribution < -0.4 is 9.80 Å². The highest BCUT2D eigenvalue weighted by Crippen LogP contribution is 2.28. The van der Waals surface area contributed by atoms with Gasteiger partial charge in [-0.25, -0.2) is 4.79 Å². The number of rotatable bonds is 4.